The van der Waals surface area contributed by atoms with Crippen LogP contribution in [0.25, 0.3) is 0 Å². The van der Waals surface area contributed by atoms with Gasteiger partial charge in [-0.1, -0.05) is 13.3 Å². The van der Waals surface area contributed by atoms with Gasteiger partial charge in [0.05, 0.1) is 33.0 Å². The molecule has 162 valence electrons. The largest absolute Gasteiger partial charge is 0.472 e. The van der Waals surface area contributed by atoms with Gasteiger partial charge in [0.15, 0.2) is 0 Å². The molecule has 0 aromatic carbocycles. The first kappa shape index (κ1) is 26.6. The summed E-state index contributed by atoms with van der Waals surface area (Å²) in [5, 5.41) is 18.7. The molecular weight excluding hydrogens is 410 g/mol. The highest BCUT2D eigenvalue weighted by molar-refractivity contribution is 7.47. The second kappa shape index (κ2) is 13.7. The van der Waals surface area contributed by atoms with E-state index in [0.29, 0.717) is 6.42 Å². The SMILES string of the molecule is CCCCC(=O)O[C@H](CO)COP(=O)(O)OC[C@@H](O)COP(=O)(O)OCC. The van der Waals surface area contributed by atoms with Crippen molar-refractivity contribution < 1.29 is 56.8 Å². The van der Waals surface area contributed by atoms with Gasteiger partial charge in [0.25, 0.3) is 0 Å². The number of hydrogen-bond donors (Lipinski definition) is 4. The molecule has 0 aromatic heterocycles. The van der Waals surface area contributed by atoms with Gasteiger partial charge < -0.3 is 24.7 Å². The maximum absolute atomic E-state index is 11.7. The van der Waals surface area contributed by atoms with Crippen molar-refractivity contribution in [1.82, 2.24) is 0 Å². The minimum absolute atomic E-state index is 0.0882. The second-order valence-corrected chi connectivity index (χ2v) is 8.20. The summed E-state index contributed by atoms with van der Waals surface area (Å²) in [6.45, 7) is 0.584. The predicted molar refractivity (Wildman–Crippen MR) is 91.6 cm³/mol. The second-order valence-electron chi connectivity index (χ2n) is 5.29. The van der Waals surface area contributed by atoms with Crippen LogP contribution in [-0.2, 0) is 36.8 Å². The van der Waals surface area contributed by atoms with Crippen molar-refractivity contribution in [2.24, 2.45) is 0 Å². The molecule has 0 spiro atoms. The van der Waals surface area contributed by atoms with E-state index >= 15 is 0 Å². The molecule has 0 saturated carbocycles. The summed E-state index contributed by atoms with van der Waals surface area (Å²) in [5.74, 6) is -0.580. The zero-order valence-electron chi connectivity index (χ0n) is 15.3. The molecule has 2 unspecified atom stereocenters. The van der Waals surface area contributed by atoms with E-state index in [4.69, 9.17) is 14.7 Å². The van der Waals surface area contributed by atoms with Crippen LogP contribution >= 0.6 is 15.6 Å². The number of rotatable bonds is 16. The summed E-state index contributed by atoms with van der Waals surface area (Å²) in [4.78, 5) is 30.1. The molecule has 0 aromatic rings. The Labute approximate surface area is 157 Å². The van der Waals surface area contributed by atoms with E-state index in [-0.39, 0.29) is 13.0 Å². The molecule has 12 nitrogen and oxygen atoms in total. The third-order valence-corrected chi connectivity index (χ3v) is 4.82. The van der Waals surface area contributed by atoms with Crippen molar-refractivity contribution in [3.05, 3.63) is 0 Å². The van der Waals surface area contributed by atoms with Gasteiger partial charge in [0, 0.05) is 6.42 Å². The maximum atomic E-state index is 11.7. The summed E-state index contributed by atoms with van der Waals surface area (Å²) in [5.41, 5.74) is 0. The van der Waals surface area contributed by atoms with Gasteiger partial charge in [-0.2, -0.15) is 0 Å². The van der Waals surface area contributed by atoms with Crippen molar-refractivity contribution in [3.8, 4) is 0 Å². The van der Waals surface area contributed by atoms with Crippen LogP contribution in [0.5, 0.6) is 0 Å². The highest BCUT2D eigenvalue weighted by atomic mass is 31.2. The fourth-order valence-electron chi connectivity index (χ4n) is 1.51. The van der Waals surface area contributed by atoms with Crippen LogP contribution in [0.4, 0.5) is 0 Å². The monoisotopic (exact) mass is 438 g/mol. The fraction of sp³-hybridized carbons (Fsp3) is 0.923. The predicted octanol–water partition coefficient (Wildman–Crippen LogP) is 0.729. The Hall–Kier alpha value is -0.390. The van der Waals surface area contributed by atoms with Gasteiger partial charge in [0.2, 0.25) is 0 Å². The summed E-state index contributed by atoms with van der Waals surface area (Å²) >= 11 is 0. The molecule has 0 aliphatic heterocycles. The molecule has 14 heteroatoms. The zero-order valence-corrected chi connectivity index (χ0v) is 17.0. The van der Waals surface area contributed by atoms with E-state index in [1.54, 1.807) is 0 Å². The van der Waals surface area contributed by atoms with E-state index in [0.717, 1.165) is 6.42 Å². The summed E-state index contributed by atoms with van der Waals surface area (Å²) in [6.07, 6.45) is -1.15. The normalized spacial score (nSPS) is 18.3. The Bertz CT molecular complexity index is 514. The molecule has 4 atom stereocenters. The molecule has 0 fully saturated rings. The lowest BCUT2D eigenvalue weighted by atomic mass is 10.2. The highest BCUT2D eigenvalue weighted by Gasteiger charge is 2.27. The van der Waals surface area contributed by atoms with Crippen LogP contribution in [0.2, 0.25) is 0 Å². The molecule has 0 rings (SSSR count). The third-order valence-electron chi connectivity index (χ3n) is 2.81. The highest BCUT2D eigenvalue weighted by Crippen LogP contribution is 2.44. The zero-order chi connectivity index (χ0) is 20.9. The summed E-state index contributed by atoms with van der Waals surface area (Å²) < 4.78 is 45.8. The molecule has 0 heterocycles. The Balaban J connectivity index is 4.25. The van der Waals surface area contributed by atoms with E-state index in [2.05, 4.69) is 18.1 Å². The van der Waals surface area contributed by atoms with Crippen LogP contribution < -0.4 is 0 Å². The van der Waals surface area contributed by atoms with Gasteiger partial charge >= 0.3 is 21.6 Å². The topological polar surface area (TPSA) is 178 Å². The summed E-state index contributed by atoms with van der Waals surface area (Å²) in [6, 6.07) is 0. The number of aliphatic hydroxyl groups is 2. The maximum Gasteiger partial charge on any atom is 0.472 e. The molecule has 0 aliphatic carbocycles. The minimum atomic E-state index is -4.64. The lowest BCUT2D eigenvalue weighted by Crippen LogP contribution is -2.27. The van der Waals surface area contributed by atoms with Crippen molar-refractivity contribution in [3.63, 3.8) is 0 Å². The number of ether oxygens (including phenoxy) is 1. The molecule has 0 saturated heterocycles. The van der Waals surface area contributed by atoms with Crippen LogP contribution in [0, 0.1) is 0 Å². The van der Waals surface area contributed by atoms with Crippen LogP contribution in [0.15, 0.2) is 0 Å². The molecule has 0 bridgehead atoms. The molecule has 0 amide bonds. The van der Waals surface area contributed by atoms with Crippen molar-refractivity contribution in [2.45, 2.75) is 45.3 Å². The van der Waals surface area contributed by atoms with Crippen LogP contribution in [0.3, 0.4) is 0 Å². The molecular formula is C13H28O12P2. The number of carbonyl (C=O) groups excluding carboxylic acids is 1. The first-order valence-corrected chi connectivity index (χ1v) is 11.3. The van der Waals surface area contributed by atoms with E-state index in [9.17, 15) is 23.9 Å². The smallest absolute Gasteiger partial charge is 0.457 e. The van der Waals surface area contributed by atoms with Crippen molar-refractivity contribution in [1.29, 1.82) is 0 Å². The Morgan fingerprint density at radius 3 is 1.96 bits per heavy atom. The lowest BCUT2D eigenvalue weighted by Gasteiger charge is -2.19. The molecule has 27 heavy (non-hydrogen) atoms. The van der Waals surface area contributed by atoms with Gasteiger partial charge in [-0.05, 0) is 13.3 Å². The quantitative estimate of drug-likeness (QED) is 0.196. The number of unbranched alkanes of at least 4 members (excludes halogenated alkanes) is 1. The number of hydrogen-bond acceptors (Lipinski definition) is 10. The average Bonchev–Trinajstić information content (AvgIpc) is 2.60. The van der Waals surface area contributed by atoms with Gasteiger partial charge in [-0.15, -0.1) is 0 Å². The molecule has 0 aliphatic rings. The Morgan fingerprint density at radius 1 is 0.963 bits per heavy atom. The third kappa shape index (κ3) is 14.3. The van der Waals surface area contributed by atoms with Crippen molar-refractivity contribution >= 4 is 21.6 Å². The molecule has 0 radical (unpaired) electrons. The standard InChI is InChI=1S/C13H28O12P2/c1-3-5-6-13(16)25-12(7-14)10-24-27(19,20)23-9-11(15)8-22-26(17,18)21-4-2/h11-12,14-15H,3-10H2,1-2H3,(H,17,18)(H,19,20)/t11-,12+/m0/s1. The number of phosphoric acid groups is 2. The van der Waals surface area contributed by atoms with Gasteiger partial charge in [0.1, 0.15) is 12.2 Å². The Kier molecular flexibility index (Phi) is 13.5. The van der Waals surface area contributed by atoms with E-state index in [1.807, 2.05) is 6.92 Å². The first-order valence-electron chi connectivity index (χ1n) is 8.27. The van der Waals surface area contributed by atoms with E-state index in [1.165, 1.54) is 6.92 Å². The Morgan fingerprint density at radius 2 is 1.48 bits per heavy atom. The fourth-order valence-corrected chi connectivity index (χ4v) is 3.06. The number of aliphatic hydroxyl groups excluding tert-OH is 2. The van der Waals surface area contributed by atoms with Crippen LogP contribution in [0.1, 0.15) is 33.1 Å². The number of phosphoric ester groups is 2. The average molecular weight is 438 g/mol. The van der Waals surface area contributed by atoms with Crippen LogP contribution in [-0.4, -0.2) is 71.2 Å². The van der Waals surface area contributed by atoms with Crippen molar-refractivity contribution in [2.75, 3.05) is 33.0 Å². The lowest BCUT2D eigenvalue weighted by molar-refractivity contribution is -0.153. The minimum Gasteiger partial charge on any atom is -0.457 e. The number of esters is 1. The van der Waals surface area contributed by atoms with Gasteiger partial charge in [-0.25, -0.2) is 9.13 Å². The first-order chi connectivity index (χ1) is 12.5. The van der Waals surface area contributed by atoms with E-state index < -0.39 is 60.3 Å². The summed E-state index contributed by atoms with van der Waals surface area (Å²) in [7, 11) is -8.95. The number of carbonyl (C=O) groups is 1. The van der Waals surface area contributed by atoms with Gasteiger partial charge in [-0.3, -0.25) is 22.9 Å². The molecule has 4 N–H and O–H groups in total.